The molecule has 0 aliphatic carbocycles. The molecular weight excluding hydrogens is 477 g/mol. The second-order valence-corrected chi connectivity index (χ2v) is 7.41. The molecule has 166 valence electrons. The number of benzene rings is 1. The third kappa shape index (κ3) is 10.1. The van der Waals surface area contributed by atoms with Crippen LogP contribution in [0.5, 0.6) is 0 Å². The summed E-state index contributed by atoms with van der Waals surface area (Å²) in [5.74, 6) is 0.898. The van der Waals surface area contributed by atoms with Gasteiger partial charge in [-0.2, -0.15) is 0 Å². The minimum Gasteiger partial charge on any atom is -0.382 e. The van der Waals surface area contributed by atoms with Crippen LogP contribution in [0.25, 0.3) is 0 Å². The smallest absolute Gasteiger partial charge is 0.190 e. The number of unbranched alkanes of at least 4 members (excludes halogenated alkanes) is 1. The summed E-state index contributed by atoms with van der Waals surface area (Å²) in [4.78, 5) is 9.38. The topological polar surface area (TPSA) is 52.1 Å². The van der Waals surface area contributed by atoms with E-state index in [1.165, 1.54) is 5.56 Å². The molecule has 1 aromatic rings. The molecule has 1 aliphatic rings. The van der Waals surface area contributed by atoms with E-state index in [1.807, 2.05) is 14.0 Å². The second kappa shape index (κ2) is 15.9. The largest absolute Gasteiger partial charge is 0.382 e. The molecule has 0 bridgehead atoms. The molecule has 0 amide bonds. The molecule has 1 unspecified atom stereocenters. The predicted octanol–water partition coefficient (Wildman–Crippen LogP) is 2.96. The third-order valence-corrected chi connectivity index (χ3v) is 5.23. The van der Waals surface area contributed by atoms with E-state index in [-0.39, 0.29) is 24.0 Å². The summed E-state index contributed by atoms with van der Waals surface area (Å²) in [5.41, 5.74) is 1.42. The molecule has 29 heavy (non-hydrogen) atoms. The fraction of sp³-hybridized carbons (Fsp3) is 0.682. The number of halogens is 1. The maximum atomic E-state index is 5.37. The highest BCUT2D eigenvalue weighted by Crippen LogP contribution is 2.24. The zero-order valence-corrected chi connectivity index (χ0v) is 20.7. The van der Waals surface area contributed by atoms with Crippen LogP contribution in [-0.2, 0) is 4.74 Å². The fourth-order valence-corrected chi connectivity index (χ4v) is 3.61. The first-order chi connectivity index (χ1) is 13.7. The van der Waals surface area contributed by atoms with Gasteiger partial charge in [-0.05, 0) is 38.8 Å². The average molecular weight is 518 g/mol. The number of guanidine groups is 1. The normalized spacial score (nSPS) is 18.3. The molecule has 0 aromatic heterocycles. The Morgan fingerprint density at radius 1 is 1.10 bits per heavy atom. The van der Waals surface area contributed by atoms with Crippen molar-refractivity contribution >= 4 is 29.9 Å². The number of hydrogen-bond donors (Lipinski definition) is 2. The first kappa shape index (κ1) is 26.1. The van der Waals surface area contributed by atoms with Gasteiger partial charge >= 0.3 is 0 Å². The Balaban J connectivity index is 0.00000420. The molecule has 0 saturated carbocycles. The van der Waals surface area contributed by atoms with Crippen LogP contribution in [0.4, 0.5) is 0 Å². The molecule has 1 heterocycles. The highest BCUT2D eigenvalue weighted by atomic mass is 127. The van der Waals surface area contributed by atoms with Crippen molar-refractivity contribution in [2.45, 2.75) is 32.2 Å². The van der Waals surface area contributed by atoms with Crippen LogP contribution in [0, 0.1) is 0 Å². The second-order valence-electron chi connectivity index (χ2n) is 7.41. The summed E-state index contributed by atoms with van der Waals surface area (Å²) in [7, 11) is 4.06. The lowest BCUT2D eigenvalue weighted by molar-refractivity contribution is 0.0891. The summed E-state index contributed by atoms with van der Waals surface area (Å²) in [5, 5.41) is 6.83. The molecule has 0 spiro atoms. The van der Waals surface area contributed by atoms with Crippen LogP contribution in [-0.4, -0.2) is 82.3 Å². The van der Waals surface area contributed by atoms with E-state index in [2.05, 4.69) is 62.8 Å². The summed E-state index contributed by atoms with van der Waals surface area (Å²) in [6.07, 6.45) is 3.29. The highest BCUT2D eigenvalue weighted by Gasteiger charge is 2.25. The van der Waals surface area contributed by atoms with Gasteiger partial charge in [0.15, 0.2) is 5.96 Å². The minimum atomic E-state index is 0. The zero-order valence-electron chi connectivity index (χ0n) is 18.4. The Bertz CT molecular complexity index is 557. The number of nitrogens with zero attached hydrogens (tertiary/aromatic N) is 3. The van der Waals surface area contributed by atoms with Gasteiger partial charge in [-0.25, -0.2) is 0 Å². The van der Waals surface area contributed by atoms with Crippen LogP contribution < -0.4 is 10.6 Å². The standard InChI is InChI=1S/C22H39N5O.HI/c1-4-28-18-9-8-13-24-22(23-2)25-14-10-15-27-17-16-26(3)19-21(27)20-11-6-5-7-12-20;/h5-7,11-12,21H,4,8-10,13-19H2,1-3H3,(H2,23,24,25);1H. The molecule has 1 aromatic carbocycles. The molecule has 2 rings (SSSR count). The molecule has 1 aliphatic heterocycles. The van der Waals surface area contributed by atoms with Gasteiger partial charge in [-0.3, -0.25) is 9.89 Å². The van der Waals surface area contributed by atoms with E-state index in [0.717, 1.165) is 77.7 Å². The molecule has 7 heteroatoms. The molecule has 2 N–H and O–H groups in total. The van der Waals surface area contributed by atoms with Crippen molar-refractivity contribution in [3.05, 3.63) is 35.9 Å². The van der Waals surface area contributed by atoms with Crippen molar-refractivity contribution in [1.82, 2.24) is 20.4 Å². The van der Waals surface area contributed by atoms with Crippen molar-refractivity contribution in [2.75, 3.05) is 66.6 Å². The maximum Gasteiger partial charge on any atom is 0.190 e. The Morgan fingerprint density at radius 2 is 1.83 bits per heavy atom. The lowest BCUT2D eigenvalue weighted by atomic mass is 10.0. The van der Waals surface area contributed by atoms with Crippen LogP contribution in [0.3, 0.4) is 0 Å². The van der Waals surface area contributed by atoms with Crippen molar-refractivity contribution in [3.63, 3.8) is 0 Å². The first-order valence-corrected chi connectivity index (χ1v) is 10.7. The van der Waals surface area contributed by atoms with Crippen molar-refractivity contribution < 1.29 is 4.74 Å². The summed E-state index contributed by atoms with van der Waals surface area (Å²) in [6, 6.07) is 11.4. The zero-order chi connectivity index (χ0) is 20.0. The van der Waals surface area contributed by atoms with Crippen molar-refractivity contribution in [3.8, 4) is 0 Å². The monoisotopic (exact) mass is 517 g/mol. The van der Waals surface area contributed by atoms with Crippen molar-refractivity contribution in [2.24, 2.45) is 4.99 Å². The van der Waals surface area contributed by atoms with Crippen LogP contribution in [0.2, 0.25) is 0 Å². The van der Waals surface area contributed by atoms with Gasteiger partial charge in [0.05, 0.1) is 0 Å². The van der Waals surface area contributed by atoms with E-state index in [4.69, 9.17) is 4.74 Å². The quantitative estimate of drug-likeness (QED) is 0.205. The lowest BCUT2D eigenvalue weighted by Crippen LogP contribution is -2.47. The van der Waals surface area contributed by atoms with E-state index in [9.17, 15) is 0 Å². The number of hydrogen-bond acceptors (Lipinski definition) is 4. The van der Waals surface area contributed by atoms with Crippen LogP contribution in [0.15, 0.2) is 35.3 Å². The summed E-state index contributed by atoms with van der Waals surface area (Å²) >= 11 is 0. The molecule has 1 atom stereocenters. The highest BCUT2D eigenvalue weighted by molar-refractivity contribution is 14.0. The number of rotatable bonds is 11. The minimum absolute atomic E-state index is 0. The SMILES string of the molecule is CCOCCCCNC(=NC)NCCCN1CCN(C)CC1c1ccccc1.I. The van der Waals surface area contributed by atoms with Gasteiger partial charge in [0.25, 0.3) is 0 Å². The van der Waals surface area contributed by atoms with Gasteiger partial charge < -0.3 is 20.3 Å². The molecule has 0 radical (unpaired) electrons. The Kier molecular flexibility index (Phi) is 14.3. The number of aliphatic imine (C=N–C) groups is 1. The van der Waals surface area contributed by atoms with Crippen LogP contribution in [0.1, 0.15) is 37.8 Å². The number of nitrogens with one attached hydrogen (secondary N) is 2. The Hall–Kier alpha value is -0.900. The van der Waals surface area contributed by atoms with Gasteiger partial charge in [-0.1, -0.05) is 30.3 Å². The molecule has 1 saturated heterocycles. The first-order valence-electron chi connectivity index (χ1n) is 10.7. The summed E-state index contributed by atoms with van der Waals surface area (Å²) < 4.78 is 5.37. The van der Waals surface area contributed by atoms with Gasteiger partial charge in [0.2, 0.25) is 0 Å². The maximum absolute atomic E-state index is 5.37. The van der Waals surface area contributed by atoms with Gasteiger partial charge in [0.1, 0.15) is 0 Å². The van der Waals surface area contributed by atoms with E-state index < -0.39 is 0 Å². The predicted molar refractivity (Wildman–Crippen MR) is 133 cm³/mol. The average Bonchev–Trinajstić information content (AvgIpc) is 2.73. The molecule has 6 nitrogen and oxygen atoms in total. The number of likely N-dealkylation sites (N-methyl/N-ethyl adjacent to an activating group) is 1. The van der Waals surface area contributed by atoms with Crippen LogP contribution >= 0.6 is 24.0 Å². The van der Waals surface area contributed by atoms with Crippen molar-refractivity contribution in [1.29, 1.82) is 0 Å². The van der Waals surface area contributed by atoms with Gasteiger partial charge in [0, 0.05) is 65.6 Å². The molecular formula is C22H40IN5O. The van der Waals surface area contributed by atoms with Gasteiger partial charge in [-0.15, -0.1) is 24.0 Å². The fourth-order valence-electron chi connectivity index (χ4n) is 3.61. The Morgan fingerprint density at radius 3 is 2.52 bits per heavy atom. The molecule has 1 fully saturated rings. The Labute approximate surface area is 194 Å². The van der Waals surface area contributed by atoms with E-state index in [0.29, 0.717) is 6.04 Å². The lowest BCUT2D eigenvalue weighted by Gasteiger charge is -2.40. The van der Waals surface area contributed by atoms with E-state index >= 15 is 0 Å². The third-order valence-electron chi connectivity index (χ3n) is 5.23. The number of ether oxygens (including phenoxy) is 1. The van der Waals surface area contributed by atoms with E-state index in [1.54, 1.807) is 0 Å². The summed E-state index contributed by atoms with van der Waals surface area (Å²) in [6.45, 7) is 10.0. The number of piperazine rings is 1.